The molecule has 1 aliphatic carbocycles. The van der Waals surface area contributed by atoms with Gasteiger partial charge in [0.05, 0.1) is 6.10 Å². The molecular formula is C13H18O2. The van der Waals surface area contributed by atoms with Gasteiger partial charge in [0.25, 0.3) is 0 Å². The Morgan fingerprint density at radius 1 is 1.20 bits per heavy atom. The molecule has 0 heterocycles. The van der Waals surface area contributed by atoms with E-state index >= 15 is 0 Å². The summed E-state index contributed by atoms with van der Waals surface area (Å²) in [6, 6.07) is 8.15. The van der Waals surface area contributed by atoms with Crippen LogP contribution in [0.4, 0.5) is 0 Å². The zero-order valence-corrected chi connectivity index (χ0v) is 9.31. The predicted molar refractivity (Wildman–Crippen MR) is 60.2 cm³/mol. The van der Waals surface area contributed by atoms with Crippen molar-refractivity contribution in [2.45, 2.75) is 44.8 Å². The molecule has 2 atom stereocenters. The average molecular weight is 206 g/mol. The number of aliphatic hydroxyl groups excluding tert-OH is 1. The molecule has 1 saturated carbocycles. The van der Waals surface area contributed by atoms with E-state index in [4.69, 9.17) is 4.74 Å². The molecular weight excluding hydrogens is 188 g/mol. The normalized spacial score (nSPS) is 25.1. The smallest absolute Gasteiger partial charge is 0.125 e. The van der Waals surface area contributed by atoms with Crippen LogP contribution in [0.15, 0.2) is 24.3 Å². The summed E-state index contributed by atoms with van der Waals surface area (Å²) >= 11 is 0. The highest BCUT2D eigenvalue weighted by molar-refractivity contribution is 5.29. The van der Waals surface area contributed by atoms with Crippen molar-refractivity contribution in [2.75, 3.05) is 0 Å². The highest BCUT2D eigenvalue weighted by Crippen LogP contribution is 2.26. The van der Waals surface area contributed by atoms with E-state index in [2.05, 4.69) is 26.0 Å². The highest BCUT2D eigenvalue weighted by Gasteiger charge is 2.30. The monoisotopic (exact) mass is 206 g/mol. The summed E-state index contributed by atoms with van der Waals surface area (Å²) in [6.07, 6.45) is 1.58. The lowest BCUT2D eigenvalue weighted by Crippen LogP contribution is -2.41. The average Bonchev–Trinajstić information content (AvgIpc) is 2.24. The summed E-state index contributed by atoms with van der Waals surface area (Å²) < 4.78 is 5.65. The summed E-state index contributed by atoms with van der Waals surface area (Å²) in [5.41, 5.74) is 1.32. The first kappa shape index (κ1) is 10.5. The summed E-state index contributed by atoms with van der Waals surface area (Å²) in [7, 11) is 0. The summed E-state index contributed by atoms with van der Waals surface area (Å²) in [5, 5.41) is 9.39. The minimum absolute atomic E-state index is 0.00917. The van der Waals surface area contributed by atoms with Crippen LogP contribution in [0.1, 0.15) is 38.2 Å². The fourth-order valence-electron chi connectivity index (χ4n) is 1.70. The van der Waals surface area contributed by atoms with Gasteiger partial charge in [-0.3, -0.25) is 0 Å². The minimum atomic E-state index is -0.269. The Morgan fingerprint density at radius 3 is 2.27 bits per heavy atom. The van der Waals surface area contributed by atoms with Crippen LogP contribution in [0.2, 0.25) is 0 Å². The van der Waals surface area contributed by atoms with Crippen molar-refractivity contribution in [1.82, 2.24) is 0 Å². The van der Waals surface area contributed by atoms with Gasteiger partial charge >= 0.3 is 0 Å². The Kier molecular flexibility index (Phi) is 2.96. The van der Waals surface area contributed by atoms with E-state index in [9.17, 15) is 5.11 Å². The Morgan fingerprint density at radius 2 is 1.87 bits per heavy atom. The van der Waals surface area contributed by atoms with Gasteiger partial charge in [0, 0.05) is 0 Å². The van der Waals surface area contributed by atoms with Gasteiger partial charge in [-0.2, -0.15) is 0 Å². The second-order valence-corrected chi connectivity index (χ2v) is 4.52. The van der Waals surface area contributed by atoms with Gasteiger partial charge in [-0.1, -0.05) is 26.0 Å². The van der Waals surface area contributed by atoms with E-state index in [0.717, 1.165) is 18.6 Å². The van der Waals surface area contributed by atoms with Crippen LogP contribution < -0.4 is 4.74 Å². The van der Waals surface area contributed by atoms with Gasteiger partial charge in [-0.05, 0) is 36.5 Å². The number of rotatable bonds is 3. The number of hydrogen-bond acceptors (Lipinski definition) is 2. The van der Waals surface area contributed by atoms with Crippen molar-refractivity contribution >= 4 is 0 Å². The third kappa shape index (κ3) is 2.32. The van der Waals surface area contributed by atoms with Gasteiger partial charge in [-0.25, -0.2) is 0 Å². The molecule has 1 aromatic rings. The molecule has 1 aromatic carbocycles. The molecule has 2 rings (SSSR count). The molecule has 0 amide bonds. The van der Waals surface area contributed by atoms with E-state index in [1.165, 1.54) is 5.56 Å². The van der Waals surface area contributed by atoms with Crippen molar-refractivity contribution in [3.63, 3.8) is 0 Å². The Bertz CT molecular complexity index is 316. The maximum atomic E-state index is 9.39. The zero-order valence-electron chi connectivity index (χ0n) is 9.31. The Labute approximate surface area is 90.9 Å². The largest absolute Gasteiger partial charge is 0.488 e. The van der Waals surface area contributed by atoms with E-state index in [1.54, 1.807) is 0 Å². The molecule has 1 N–H and O–H groups in total. The second kappa shape index (κ2) is 4.23. The van der Waals surface area contributed by atoms with Gasteiger partial charge in [0.2, 0.25) is 0 Å². The summed E-state index contributed by atoms with van der Waals surface area (Å²) in [5.74, 6) is 1.41. The Balaban J connectivity index is 1.98. The fourth-order valence-corrected chi connectivity index (χ4v) is 1.70. The third-order valence-electron chi connectivity index (χ3n) is 3.01. The van der Waals surface area contributed by atoms with Gasteiger partial charge in [0.1, 0.15) is 11.9 Å². The molecule has 0 unspecified atom stereocenters. The SMILES string of the molecule is CC(C)c1ccc(O[C@@H]2CC[C@H]2O)cc1. The number of hydrogen-bond donors (Lipinski definition) is 1. The quantitative estimate of drug-likeness (QED) is 0.824. The van der Waals surface area contributed by atoms with Crippen molar-refractivity contribution in [2.24, 2.45) is 0 Å². The first-order valence-electron chi connectivity index (χ1n) is 5.61. The predicted octanol–water partition coefficient (Wildman–Crippen LogP) is 2.71. The molecule has 2 nitrogen and oxygen atoms in total. The van der Waals surface area contributed by atoms with Crippen molar-refractivity contribution < 1.29 is 9.84 Å². The van der Waals surface area contributed by atoms with E-state index in [-0.39, 0.29) is 12.2 Å². The van der Waals surface area contributed by atoms with Crippen molar-refractivity contribution in [3.05, 3.63) is 29.8 Å². The maximum Gasteiger partial charge on any atom is 0.125 e. The maximum absolute atomic E-state index is 9.39. The van der Waals surface area contributed by atoms with Crippen molar-refractivity contribution in [1.29, 1.82) is 0 Å². The highest BCUT2D eigenvalue weighted by atomic mass is 16.5. The lowest BCUT2D eigenvalue weighted by atomic mass is 9.92. The molecule has 2 heteroatoms. The van der Waals surface area contributed by atoms with Crippen molar-refractivity contribution in [3.8, 4) is 5.75 Å². The Hall–Kier alpha value is -1.02. The van der Waals surface area contributed by atoms with E-state index in [1.807, 2.05) is 12.1 Å². The van der Waals surface area contributed by atoms with Gasteiger partial charge < -0.3 is 9.84 Å². The van der Waals surface area contributed by atoms with Crippen LogP contribution in [-0.4, -0.2) is 17.3 Å². The second-order valence-electron chi connectivity index (χ2n) is 4.52. The topological polar surface area (TPSA) is 29.5 Å². The zero-order chi connectivity index (χ0) is 10.8. The number of benzene rings is 1. The van der Waals surface area contributed by atoms with Crippen LogP contribution in [0.3, 0.4) is 0 Å². The summed E-state index contributed by atoms with van der Waals surface area (Å²) in [4.78, 5) is 0. The van der Waals surface area contributed by atoms with Gasteiger partial charge in [-0.15, -0.1) is 0 Å². The molecule has 15 heavy (non-hydrogen) atoms. The lowest BCUT2D eigenvalue weighted by molar-refractivity contribution is -0.0361. The first-order valence-corrected chi connectivity index (χ1v) is 5.61. The van der Waals surface area contributed by atoms with Crippen LogP contribution in [0.5, 0.6) is 5.75 Å². The van der Waals surface area contributed by atoms with Crippen LogP contribution in [0, 0.1) is 0 Å². The molecule has 0 bridgehead atoms. The molecule has 0 aliphatic heterocycles. The molecule has 0 saturated heterocycles. The summed E-state index contributed by atoms with van der Waals surface area (Å²) in [6.45, 7) is 4.34. The molecule has 0 spiro atoms. The van der Waals surface area contributed by atoms with Crippen LogP contribution in [-0.2, 0) is 0 Å². The van der Waals surface area contributed by atoms with E-state index in [0.29, 0.717) is 5.92 Å². The first-order chi connectivity index (χ1) is 7.16. The number of aliphatic hydroxyl groups is 1. The van der Waals surface area contributed by atoms with Gasteiger partial charge in [0.15, 0.2) is 0 Å². The third-order valence-corrected chi connectivity index (χ3v) is 3.01. The minimum Gasteiger partial charge on any atom is -0.488 e. The molecule has 0 radical (unpaired) electrons. The molecule has 1 fully saturated rings. The van der Waals surface area contributed by atoms with E-state index < -0.39 is 0 Å². The standard InChI is InChI=1S/C13H18O2/c1-9(2)10-3-5-11(6-4-10)15-13-8-7-12(13)14/h3-6,9,12-14H,7-8H2,1-2H3/t12-,13-/m1/s1. The molecule has 82 valence electrons. The molecule has 0 aromatic heterocycles. The lowest BCUT2D eigenvalue weighted by Gasteiger charge is -2.32. The number of ether oxygens (including phenoxy) is 1. The van der Waals surface area contributed by atoms with Crippen LogP contribution >= 0.6 is 0 Å². The fraction of sp³-hybridized carbons (Fsp3) is 0.538. The molecule has 1 aliphatic rings. The van der Waals surface area contributed by atoms with Crippen LogP contribution in [0.25, 0.3) is 0 Å².